The van der Waals surface area contributed by atoms with Crippen molar-refractivity contribution >= 4 is 0 Å². The Hall–Kier alpha value is -0.160. The average Bonchev–Trinajstić information content (AvgIpc) is 2.37. The van der Waals surface area contributed by atoms with Crippen LogP contribution in [0.2, 0.25) is 0 Å². The van der Waals surface area contributed by atoms with E-state index in [2.05, 4.69) is 24.2 Å². The molecule has 114 valence electrons. The topological polar surface area (TPSA) is 44.7 Å². The van der Waals surface area contributed by atoms with Gasteiger partial charge in [0.15, 0.2) is 0 Å². The second-order valence-electron chi connectivity index (χ2n) is 5.94. The molecule has 0 spiro atoms. The first-order valence-corrected chi connectivity index (χ1v) is 7.76. The Kier molecular flexibility index (Phi) is 8.62. The van der Waals surface area contributed by atoms with Crippen molar-refractivity contribution in [3.63, 3.8) is 0 Å². The van der Waals surface area contributed by atoms with Crippen molar-refractivity contribution in [1.82, 2.24) is 10.2 Å². The van der Waals surface area contributed by atoms with E-state index in [0.717, 1.165) is 19.0 Å². The highest BCUT2D eigenvalue weighted by atomic mass is 16.5. The summed E-state index contributed by atoms with van der Waals surface area (Å²) in [5.41, 5.74) is 0. The van der Waals surface area contributed by atoms with Gasteiger partial charge in [-0.05, 0) is 38.8 Å². The van der Waals surface area contributed by atoms with Crippen molar-refractivity contribution < 1.29 is 9.84 Å². The third-order valence-corrected chi connectivity index (χ3v) is 3.99. The lowest BCUT2D eigenvalue weighted by atomic mass is 9.84. The first-order valence-electron chi connectivity index (χ1n) is 7.76. The summed E-state index contributed by atoms with van der Waals surface area (Å²) in [5.74, 6) is 0.722. The third kappa shape index (κ3) is 6.70. The third-order valence-electron chi connectivity index (χ3n) is 3.99. The van der Waals surface area contributed by atoms with Gasteiger partial charge in [-0.2, -0.15) is 0 Å². The molecule has 0 aromatic carbocycles. The molecule has 1 rings (SSSR count). The second kappa shape index (κ2) is 9.70. The molecule has 0 amide bonds. The number of nitrogens with one attached hydrogen (secondary N) is 1. The van der Waals surface area contributed by atoms with Crippen molar-refractivity contribution in [2.45, 2.75) is 51.2 Å². The standard InChI is InChI=1S/C15H32N2O2/c1-4-9-16-15-8-6-5-7-13(15)10-17(2)11-14(18)12-19-3/h13-16,18H,4-12H2,1-3H3. The zero-order valence-corrected chi connectivity index (χ0v) is 12.9. The van der Waals surface area contributed by atoms with E-state index in [1.807, 2.05) is 0 Å². The van der Waals surface area contributed by atoms with Gasteiger partial charge in [-0.25, -0.2) is 0 Å². The minimum atomic E-state index is -0.374. The van der Waals surface area contributed by atoms with Gasteiger partial charge in [-0.15, -0.1) is 0 Å². The largest absolute Gasteiger partial charge is 0.389 e. The van der Waals surface area contributed by atoms with Crippen LogP contribution in [0, 0.1) is 5.92 Å². The Balaban J connectivity index is 2.34. The number of hydrogen-bond acceptors (Lipinski definition) is 4. The van der Waals surface area contributed by atoms with E-state index >= 15 is 0 Å². The van der Waals surface area contributed by atoms with Crippen LogP contribution in [0.4, 0.5) is 0 Å². The zero-order chi connectivity index (χ0) is 14.1. The minimum Gasteiger partial charge on any atom is -0.389 e. The van der Waals surface area contributed by atoms with Gasteiger partial charge in [-0.1, -0.05) is 19.8 Å². The van der Waals surface area contributed by atoms with E-state index < -0.39 is 0 Å². The summed E-state index contributed by atoms with van der Waals surface area (Å²) < 4.78 is 4.98. The van der Waals surface area contributed by atoms with Crippen LogP contribution in [-0.2, 0) is 4.74 Å². The number of methoxy groups -OCH3 is 1. The number of aliphatic hydroxyl groups excluding tert-OH is 1. The molecule has 4 nitrogen and oxygen atoms in total. The normalized spacial score (nSPS) is 25.7. The van der Waals surface area contributed by atoms with Crippen LogP contribution in [0.1, 0.15) is 39.0 Å². The summed E-state index contributed by atoms with van der Waals surface area (Å²) >= 11 is 0. The maximum absolute atomic E-state index is 9.77. The van der Waals surface area contributed by atoms with Gasteiger partial charge in [0.25, 0.3) is 0 Å². The van der Waals surface area contributed by atoms with Crippen LogP contribution in [-0.4, -0.2) is 62.6 Å². The quantitative estimate of drug-likeness (QED) is 0.667. The van der Waals surface area contributed by atoms with E-state index in [-0.39, 0.29) is 6.10 Å². The fraction of sp³-hybridized carbons (Fsp3) is 1.00. The molecular formula is C15H32N2O2. The molecule has 3 unspecified atom stereocenters. The Morgan fingerprint density at radius 3 is 2.79 bits per heavy atom. The predicted octanol–water partition coefficient (Wildman–Crippen LogP) is 1.48. The van der Waals surface area contributed by atoms with Crippen LogP contribution >= 0.6 is 0 Å². The van der Waals surface area contributed by atoms with Crippen LogP contribution in [0.5, 0.6) is 0 Å². The molecule has 1 aliphatic rings. The van der Waals surface area contributed by atoms with E-state index in [4.69, 9.17) is 4.74 Å². The maximum atomic E-state index is 9.77. The summed E-state index contributed by atoms with van der Waals surface area (Å²) in [5, 5.41) is 13.5. The molecule has 4 heteroatoms. The molecule has 1 aliphatic carbocycles. The van der Waals surface area contributed by atoms with Gasteiger partial charge in [0, 0.05) is 26.2 Å². The number of aliphatic hydroxyl groups is 1. The summed E-state index contributed by atoms with van der Waals surface area (Å²) in [6.45, 7) is 5.54. The lowest BCUT2D eigenvalue weighted by molar-refractivity contribution is 0.0374. The Labute approximate surface area is 118 Å². The predicted molar refractivity (Wildman–Crippen MR) is 79.4 cm³/mol. The zero-order valence-electron chi connectivity index (χ0n) is 12.9. The van der Waals surface area contributed by atoms with Gasteiger partial charge in [0.05, 0.1) is 12.7 Å². The van der Waals surface area contributed by atoms with Crippen molar-refractivity contribution in [3.8, 4) is 0 Å². The van der Waals surface area contributed by atoms with Gasteiger partial charge < -0.3 is 20.1 Å². The van der Waals surface area contributed by atoms with Crippen molar-refractivity contribution in [2.75, 3.05) is 40.4 Å². The highest BCUT2D eigenvalue weighted by Gasteiger charge is 2.25. The van der Waals surface area contributed by atoms with Gasteiger partial charge >= 0.3 is 0 Å². The number of ether oxygens (including phenoxy) is 1. The molecular weight excluding hydrogens is 240 g/mol. The van der Waals surface area contributed by atoms with E-state index in [9.17, 15) is 5.11 Å². The molecule has 2 N–H and O–H groups in total. The summed E-state index contributed by atoms with van der Waals surface area (Å²) in [6, 6.07) is 0.663. The van der Waals surface area contributed by atoms with E-state index in [1.165, 1.54) is 32.1 Å². The lowest BCUT2D eigenvalue weighted by Crippen LogP contribution is -2.45. The molecule has 19 heavy (non-hydrogen) atoms. The van der Waals surface area contributed by atoms with Crippen LogP contribution in [0.25, 0.3) is 0 Å². The summed E-state index contributed by atoms with van der Waals surface area (Å²) in [6.07, 6.45) is 6.15. The summed E-state index contributed by atoms with van der Waals surface area (Å²) in [4.78, 5) is 2.25. The molecule has 1 fully saturated rings. The SMILES string of the molecule is CCCNC1CCCCC1CN(C)CC(O)COC. The molecule has 0 aliphatic heterocycles. The molecule has 0 heterocycles. The fourth-order valence-corrected chi connectivity index (χ4v) is 3.10. The van der Waals surface area contributed by atoms with Gasteiger partial charge in [0.1, 0.15) is 0 Å². The fourth-order valence-electron chi connectivity index (χ4n) is 3.10. The minimum absolute atomic E-state index is 0.374. The highest BCUT2D eigenvalue weighted by molar-refractivity contribution is 4.83. The number of likely N-dealkylation sites (N-methyl/N-ethyl adjacent to an activating group) is 1. The number of hydrogen-bond donors (Lipinski definition) is 2. The van der Waals surface area contributed by atoms with Crippen LogP contribution in [0.15, 0.2) is 0 Å². The Morgan fingerprint density at radius 2 is 2.11 bits per heavy atom. The Morgan fingerprint density at radius 1 is 1.37 bits per heavy atom. The first kappa shape index (κ1) is 16.9. The highest BCUT2D eigenvalue weighted by Crippen LogP contribution is 2.25. The number of rotatable bonds is 9. The van der Waals surface area contributed by atoms with Crippen molar-refractivity contribution in [1.29, 1.82) is 0 Å². The molecule has 1 saturated carbocycles. The van der Waals surface area contributed by atoms with E-state index in [1.54, 1.807) is 7.11 Å². The molecule has 0 aromatic rings. The monoisotopic (exact) mass is 272 g/mol. The molecule has 0 saturated heterocycles. The summed E-state index contributed by atoms with van der Waals surface area (Å²) in [7, 11) is 3.74. The van der Waals surface area contributed by atoms with Gasteiger partial charge in [0.2, 0.25) is 0 Å². The van der Waals surface area contributed by atoms with Crippen LogP contribution in [0.3, 0.4) is 0 Å². The average molecular weight is 272 g/mol. The molecule has 0 aromatic heterocycles. The molecule has 3 atom stereocenters. The first-order chi connectivity index (χ1) is 9.17. The second-order valence-corrected chi connectivity index (χ2v) is 5.94. The molecule has 0 bridgehead atoms. The van der Waals surface area contributed by atoms with Crippen LogP contribution < -0.4 is 5.32 Å². The smallest absolute Gasteiger partial charge is 0.0899 e. The lowest BCUT2D eigenvalue weighted by Gasteiger charge is -2.35. The molecule has 0 radical (unpaired) electrons. The van der Waals surface area contributed by atoms with Crippen molar-refractivity contribution in [2.24, 2.45) is 5.92 Å². The maximum Gasteiger partial charge on any atom is 0.0899 e. The van der Waals surface area contributed by atoms with Crippen molar-refractivity contribution in [3.05, 3.63) is 0 Å². The number of nitrogens with zero attached hydrogens (tertiary/aromatic N) is 1. The van der Waals surface area contributed by atoms with Gasteiger partial charge in [-0.3, -0.25) is 0 Å². The Bertz CT molecular complexity index is 226. The van der Waals surface area contributed by atoms with E-state index in [0.29, 0.717) is 19.2 Å².